The Morgan fingerprint density at radius 2 is 1.68 bits per heavy atom. The molecule has 170 valence electrons. The molecule has 1 unspecified atom stereocenters. The highest BCUT2D eigenvalue weighted by Gasteiger charge is 2.37. The van der Waals surface area contributed by atoms with Crippen LogP contribution in [0.2, 0.25) is 0 Å². The van der Waals surface area contributed by atoms with E-state index in [0.29, 0.717) is 38.7 Å². The van der Waals surface area contributed by atoms with Gasteiger partial charge in [0.15, 0.2) is 0 Å². The number of esters is 1. The fourth-order valence-corrected chi connectivity index (χ4v) is 4.65. The molecule has 0 radical (unpaired) electrons. The molecule has 1 aromatic rings. The number of amides is 2. The Labute approximate surface area is 185 Å². The average molecular weight is 430 g/mol. The summed E-state index contributed by atoms with van der Waals surface area (Å²) in [5.74, 6) is 0.0622. The van der Waals surface area contributed by atoms with Crippen molar-refractivity contribution >= 4 is 23.5 Å². The van der Waals surface area contributed by atoms with E-state index in [9.17, 15) is 14.4 Å². The molecule has 2 fully saturated rings. The Morgan fingerprint density at radius 3 is 2.29 bits per heavy atom. The van der Waals surface area contributed by atoms with E-state index in [1.807, 2.05) is 31.2 Å². The van der Waals surface area contributed by atoms with Crippen LogP contribution < -0.4 is 5.32 Å². The molecule has 0 bridgehead atoms. The maximum Gasteiger partial charge on any atom is 0.306 e. The number of hydrogen-bond donors (Lipinski definition) is 1. The van der Waals surface area contributed by atoms with E-state index in [-0.39, 0.29) is 36.7 Å². The summed E-state index contributed by atoms with van der Waals surface area (Å²) in [6.45, 7) is 6.64. The summed E-state index contributed by atoms with van der Waals surface area (Å²) < 4.78 is 4.90. The third-order valence-corrected chi connectivity index (χ3v) is 6.34. The van der Waals surface area contributed by atoms with E-state index in [1.54, 1.807) is 11.8 Å². The summed E-state index contributed by atoms with van der Waals surface area (Å²) in [5, 5.41) is 3.11. The Balaban J connectivity index is 1.57. The predicted molar refractivity (Wildman–Crippen MR) is 120 cm³/mol. The lowest BCUT2D eigenvalue weighted by molar-refractivity contribution is -0.146. The molecule has 0 spiro atoms. The summed E-state index contributed by atoms with van der Waals surface area (Å²) in [7, 11) is 0. The van der Waals surface area contributed by atoms with Crippen LogP contribution in [0, 0.1) is 12.8 Å². The minimum Gasteiger partial charge on any atom is -0.466 e. The molecule has 1 heterocycles. The molecule has 0 aromatic heterocycles. The molecular weight excluding hydrogens is 394 g/mol. The molecule has 7 nitrogen and oxygen atoms in total. The highest BCUT2D eigenvalue weighted by molar-refractivity contribution is 5.95. The van der Waals surface area contributed by atoms with Crippen molar-refractivity contribution in [2.75, 3.05) is 38.1 Å². The molecule has 1 aliphatic carbocycles. The van der Waals surface area contributed by atoms with Gasteiger partial charge in [0.1, 0.15) is 0 Å². The molecule has 1 aromatic carbocycles. The first kappa shape index (κ1) is 23.3. The average Bonchev–Trinajstić information content (AvgIpc) is 3.29. The molecule has 3 rings (SSSR count). The van der Waals surface area contributed by atoms with Gasteiger partial charge in [-0.1, -0.05) is 30.5 Å². The Bertz CT molecular complexity index is 751. The maximum absolute atomic E-state index is 13.3. The van der Waals surface area contributed by atoms with Crippen molar-refractivity contribution in [3.05, 3.63) is 29.8 Å². The minimum atomic E-state index is -0.330. The van der Waals surface area contributed by atoms with Crippen LogP contribution in [-0.4, -0.2) is 66.4 Å². The highest BCUT2D eigenvalue weighted by Crippen LogP contribution is 2.31. The van der Waals surface area contributed by atoms with Gasteiger partial charge in [-0.2, -0.15) is 0 Å². The molecular formula is C24H35N3O4. The minimum absolute atomic E-state index is 0.0192. The fourth-order valence-electron chi connectivity index (χ4n) is 4.65. The van der Waals surface area contributed by atoms with Crippen LogP contribution in [0.3, 0.4) is 0 Å². The largest absolute Gasteiger partial charge is 0.466 e. The SMILES string of the molecule is CCOC(=O)CCC(=O)N1CCN(C(C(=O)Nc2ccc(C)cc2)C2CCCC2)CC1. The molecule has 31 heavy (non-hydrogen) atoms. The smallest absolute Gasteiger partial charge is 0.306 e. The molecule has 7 heteroatoms. The lowest BCUT2D eigenvalue weighted by Gasteiger charge is -2.40. The van der Waals surface area contributed by atoms with E-state index in [2.05, 4.69) is 10.2 Å². The third kappa shape index (κ3) is 6.53. The van der Waals surface area contributed by atoms with E-state index < -0.39 is 0 Å². The molecule has 1 saturated heterocycles. The van der Waals surface area contributed by atoms with Crippen molar-refractivity contribution in [3.8, 4) is 0 Å². The van der Waals surface area contributed by atoms with Gasteiger partial charge in [-0.25, -0.2) is 0 Å². The standard InChI is InChI=1S/C24H35N3O4/c1-3-31-22(29)13-12-21(28)26-14-16-27(17-15-26)23(19-6-4-5-7-19)24(30)25-20-10-8-18(2)9-11-20/h8-11,19,23H,3-7,12-17H2,1-2H3,(H,25,30). The van der Waals surface area contributed by atoms with Gasteiger partial charge in [0.25, 0.3) is 0 Å². The summed E-state index contributed by atoms with van der Waals surface area (Å²) in [6.07, 6.45) is 4.79. The lowest BCUT2D eigenvalue weighted by atomic mass is 9.94. The van der Waals surface area contributed by atoms with Crippen LogP contribution in [0.5, 0.6) is 0 Å². The van der Waals surface area contributed by atoms with E-state index >= 15 is 0 Å². The van der Waals surface area contributed by atoms with Crippen LogP contribution in [-0.2, 0) is 19.1 Å². The van der Waals surface area contributed by atoms with Crippen molar-refractivity contribution in [3.63, 3.8) is 0 Å². The van der Waals surface area contributed by atoms with Crippen molar-refractivity contribution < 1.29 is 19.1 Å². The maximum atomic E-state index is 13.3. The number of aryl methyl sites for hydroxylation is 1. The highest BCUT2D eigenvalue weighted by atomic mass is 16.5. The first-order valence-electron chi connectivity index (χ1n) is 11.5. The van der Waals surface area contributed by atoms with Crippen molar-refractivity contribution in [2.24, 2.45) is 5.92 Å². The van der Waals surface area contributed by atoms with Crippen LogP contribution in [0.15, 0.2) is 24.3 Å². The lowest BCUT2D eigenvalue weighted by Crippen LogP contribution is -2.56. The number of benzene rings is 1. The summed E-state index contributed by atoms with van der Waals surface area (Å²) in [5.41, 5.74) is 1.99. The topological polar surface area (TPSA) is 79.0 Å². The predicted octanol–water partition coefficient (Wildman–Crippen LogP) is 2.98. The first-order chi connectivity index (χ1) is 15.0. The number of carbonyl (C=O) groups excluding carboxylic acids is 3. The molecule has 1 N–H and O–H groups in total. The van der Waals surface area contributed by atoms with Crippen LogP contribution in [0.1, 0.15) is 51.0 Å². The fraction of sp³-hybridized carbons (Fsp3) is 0.625. The summed E-state index contributed by atoms with van der Waals surface area (Å²) in [4.78, 5) is 41.3. The zero-order chi connectivity index (χ0) is 22.2. The van der Waals surface area contributed by atoms with Gasteiger partial charge in [0.05, 0.1) is 19.1 Å². The van der Waals surface area contributed by atoms with Gasteiger partial charge in [-0.3, -0.25) is 19.3 Å². The Morgan fingerprint density at radius 1 is 1.03 bits per heavy atom. The van der Waals surface area contributed by atoms with Gasteiger partial charge in [-0.15, -0.1) is 0 Å². The Kier molecular flexibility index (Phi) is 8.46. The zero-order valence-electron chi connectivity index (χ0n) is 18.8. The zero-order valence-corrected chi connectivity index (χ0v) is 18.8. The van der Waals surface area contributed by atoms with Gasteiger partial charge in [-0.05, 0) is 44.7 Å². The number of hydrogen-bond acceptors (Lipinski definition) is 5. The summed E-state index contributed by atoms with van der Waals surface area (Å²) in [6, 6.07) is 7.72. The van der Waals surface area contributed by atoms with Crippen LogP contribution in [0.25, 0.3) is 0 Å². The van der Waals surface area contributed by atoms with E-state index in [1.165, 1.54) is 12.8 Å². The number of nitrogens with zero attached hydrogens (tertiary/aromatic N) is 2. The normalized spacial score (nSPS) is 18.6. The van der Waals surface area contributed by atoms with Crippen LogP contribution >= 0.6 is 0 Å². The molecule has 1 atom stereocenters. The molecule has 1 aliphatic heterocycles. The van der Waals surface area contributed by atoms with Gasteiger partial charge < -0.3 is 15.0 Å². The van der Waals surface area contributed by atoms with E-state index in [0.717, 1.165) is 24.1 Å². The second-order valence-corrected chi connectivity index (χ2v) is 8.57. The monoisotopic (exact) mass is 429 g/mol. The summed E-state index contributed by atoms with van der Waals surface area (Å²) >= 11 is 0. The quantitative estimate of drug-likeness (QED) is 0.643. The molecule has 1 saturated carbocycles. The number of ether oxygens (including phenoxy) is 1. The van der Waals surface area contributed by atoms with E-state index in [4.69, 9.17) is 4.74 Å². The van der Waals surface area contributed by atoms with Crippen molar-refractivity contribution in [2.45, 2.75) is 58.4 Å². The number of piperazine rings is 1. The van der Waals surface area contributed by atoms with Gasteiger partial charge >= 0.3 is 5.97 Å². The molecule has 2 aliphatic rings. The number of rotatable bonds is 8. The van der Waals surface area contributed by atoms with Gasteiger partial charge in [0, 0.05) is 38.3 Å². The molecule has 2 amide bonds. The van der Waals surface area contributed by atoms with Crippen molar-refractivity contribution in [1.29, 1.82) is 0 Å². The second-order valence-electron chi connectivity index (χ2n) is 8.57. The Hall–Kier alpha value is -2.41. The number of nitrogens with one attached hydrogen (secondary N) is 1. The number of anilines is 1. The van der Waals surface area contributed by atoms with Crippen LogP contribution in [0.4, 0.5) is 5.69 Å². The van der Waals surface area contributed by atoms with Crippen molar-refractivity contribution in [1.82, 2.24) is 9.80 Å². The van der Waals surface area contributed by atoms with Gasteiger partial charge in [0.2, 0.25) is 11.8 Å². The third-order valence-electron chi connectivity index (χ3n) is 6.34. The second kappa shape index (κ2) is 11.3. The number of carbonyl (C=O) groups is 3. The first-order valence-corrected chi connectivity index (χ1v) is 11.5.